The number of carboxylic acids is 1. The van der Waals surface area contributed by atoms with E-state index in [0.717, 1.165) is 19.3 Å². The van der Waals surface area contributed by atoms with Gasteiger partial charge >= 0.3 is 5.97 Å². The molecule has 14 heavy (non-hydrogen) atoms. The maximum absolute atomic E-state index is 12.0. The van der Waals surface area contributed by atoms with Crippen LogP contribution in [0.25, 0.3) is 0 Å². The van der Waals surface area contributed by atoms with E-state index in [9.17, 15) is 14.7 Å². The summed E-state index contributed by atoms with van der Waals surface area (Å²) >= 11 is 0. The van der Waals surface area contributed by atoms with Crippen LogP contribution in [0.2, 0.25) is 0 Å². The molecule has 0 heterocycles. The third kappa shape index (κ3) is 1.11. The molecule has 2 saturated carbocycles. The van der Waals surface area contributed by atoms with Crippen molar-refractivity contribution in [1.29, 1.82) is 0 Å². The summed E-state index contributed by atoms with van der Waals surface area (Å²) in [5, 5.41) is 9.18. The third-order valence-corrected chi connectivity index (χ3v) is 4.05. The maximum atomic E-state index is 12.0. The summed E-state index contributed by atoms with van der Waals surface area (Å²) in [5.74, 6) is -0.474. The van der Waals surface area contributed by atoms with Crippen LogP contribution in [0.15, 0.2) is 0 Å². The van der Waals surface area contributed by atoms with Gasteiger partial charge in [-0.1, -0.05) is 13.3 Å². The summed E-state index contributed by atoms with van der Waals surface area (Å²) in [4.78, 5) is 23.2. The highest BCUT2D eigenvalue weighted by molar-refractivity contribution is 6.05. The molecule has 0 spiro atoms. The largest absolute Gasteiger partial charge is 0.480 e. The van der Waals surface area contributed by atoms with Gasteiger partial charge in [0.15, 0.2) is 5.78 Å². The van der Waals surface area contributed by atoms with E-state index < -0.39 is 11.4 Å². The molecule has 3 atom stereocenters. The van der Waals surface area contributed by atoms with Crippen LogP contribution < -0.4 is 0 Å². The lowest BCUT2D eigenvalue weighted by Gasteiger charge is -2.43. The van der Waals surface area contributed by atoms with Gasteiger partial charge in [0.05, 0.1) is 0 Å². The molecular weight excluding hydrogens is 180 g/mol. The fraction of sp³-hybridized carbons (Fsp3) is 0.818. The van der Waals surface area contributed by atoms with E-state index in [4.69, 9.17) is 0 Å². The molecule has 0 saturated heterocycles. The van der Waals surface area contributed by atoms with Gasteiger partial charge in [0.1, 0.15) is 5.41 Å². The van der Waals surface area contributed by atoms with E-state index in [1.54, 1.807) is 0 Å². The zero-order valence-electron chi connectivity index (χ0n) is 8.45. The van der Waals surface area contributed by atoms with Gasteiger partial charge in [0, 0.05) is 5.92 Å². The second kappa shape index (κ2) is 3.07. The van der Waals surface area contributed by atoms with Crippen LogP contribution in [-0.2, 0) is 9.59 Å². The van der Waals surface area contributed by atoms with E-state index in [1.165, 1.54) is 0 Å². The molecule has 3 heteroatoms. The maximum Gasteiger partial charge on any atom is 0.317 e. The Hall–Kier alpha value is -0.860. The van der Waals surface area contributed by atoms with Crippen LogP contribution in [0.4, 0.5) is 0 Å². The lowest BCUT2D eigenvalue weighted by Crippen LogP contribution is -2.51. The first-order valence-corrected chi connectivity index (χ1v) is 5.35. The second-order valence-electron chi connectivity index (χ2n) is 4.77. The molecule has 3 unspecified atom stereocenters. The fourth-order valence-electron chi connectivity index (χ4n) is 3.02. The molecule has 3 nitrogen and oxygen atoms in total. The summed E-state index contributed by atoms with van der Waals surface area (Å²) in [7, 11) is 0. The lowest BCUT2D eigenvalue weighted by atomic mass is 9.58. The summed E-state index contributed by atoms with van der Waals surface area (Å²) in [5.41, 5.74) is -1.00. The number of carboxylic acid groups (broad SMARTS) is 1. The molecule has 2 rings (SSSR count). The van der Waals surface area contributed by atoms with Gasteiger partial charge in [-0.3, -0.25) is 9.59 Å². The number of hydrogen-bond acceptors (Lipinski definition) is 2. The predicted molar refractivity (Wildman–Crippen MR) is 50.8 cm³/mol. The highest BCUT2D eigenvalue weighted by atomic mass is 16.4. The first-order chi connectivity index (χ1) is 6.58. The van der Waals surface area contributed by atoms with Crippen molar-refractivity contribution < 1.29 is 14.7 Å². The topological polar surface area (TPSA) is 54.4 Å². The van der Waals surface area contributed by atoms with Crippen molar-refractivity contribution in [2.24, 2.45) is 17.3 Å². The first kappa shape index (κ1) is 9.69. The van der Waals surface area contributed by atoms with Crippen molar-refractivity contribution in [2.45, 2.75) is 39.0 Å². The Labute approximate surface area is 83.5 Å². The van der Waals surface area contributed by atoms with Crippen molar-refractivity contribution in [3.05, 3.63) is 0 Å². The Kier molecular flexibility index (Phi) is 2.13. The van der Waals surface area contributed by atoms with Crippen LogP contribution in [0.1, 0.15) is 39.0 Å². The minimum atomic E-state index is -1.00. The highest BCUT2D eigenvalue weighted by Gasteiger charge is 2.54. The van der Waals surface area contributed by atoms with E-state index >= 15 is 0 Å². The van der Waals surface area contributed by atoms with E-state index in [0.29, 0.717) is 18.8 Å². The Bertz CT molecular complexity index is 284. The Balaban J connectivity index is 2.34. The Morgan fingerprint density at radius 3 is 2.79 bits per heavy atom. The minimum absolute atomic E-state index is 0.00926. The van der Waals surface area contributed by atoms with Crippen LogP contribution in [-0.4, -0.2) is 16.9 Å². The molecule has 2 aliphatic carbocycles. The molecule has 0 aromatic rings. The summed E-state index contributed by atoms with van der Waals surface area (Å²) in [6.07, 6.45) is 3.80. The lowest BCUT2D eigenvalue weighted by molar-refractivity contribution is -0.164. The number of hydrogen-bond donors (Lipinski definition) is 1. The van der Waals surface area contributed by atoms with Crippen molar-refractivity contribution in [3.8, 4) is 0 Å². The predicted octanol–water partition coefficient (Wildman–Crippen LogP) is 1.86. The molecular formula is C11H16O3. The minimum Gasteiger partial charge on any atom is -0.480 e. The van der Waals surface area contributed by atoms with Crippen molar-refractivity contribution in [3.63, 3.8) is 0 Å². The van der Waals surface area contributed by atoms with Gasteiger partial charge < -0.3 is 5.11 Å². The molecule has 1 N–H and O–H groups in total. The normalized spacial score (nSPS) is 42.2. The summed E-state index contributed by atoms with van der Waals surface area (Å²) < 4.78 is 0. The molecule has 2 fully saturated rings. The van der Waals surface area contributed by atoms with Gasteiger partial charge in [-0.2, -0.15) is 0 Å². The zero-order chi connectivity index (χ0) is 10.3. The smallest absolute Gasteiger partial charge is 0.317 e. The van der Waals surface area contributed by atoms with Crippen molar-refractivity contribution in [1.82, 2.24) is 0 Å². The molecule has 0 aromatic carbocycles. The molecule has 0 amide bonds. The standard InChI is InChI=1S/C11H16O3/c1-7-4-6-11(10(13)14)5-2-3-8(7)9(11)12/h7-8H,2-6H2,1H3,(H,13,14). The molecule has 78 valence electrons. The van der Waals surface area contributed by atoms with Gasteiger partial charge in [0.2, 0.25) is 0 Å². The SMILES string of the molecule is CC1CCC2(C(=O)O)CCCC1C2=O. The number of Topliss-reactive ketones (excluding diaryl/α,β-unsaturated/α-hetero) is 1. The molecule has 0 radical (unpaired) electrons. The molecule has 2 bridgehead atoms. The van der Waals surface area contributed by atoms with Gasteiger partial charge in [-0.05, 0) is 31.6 Å². The van der Waals surface area contributed by atoms with Gasteiger partial charge in [-0.15, -0.1) is 0 Å². The Morgan fingerprint density at radius 1 is 1.43 bits per heavy atom. The number of carbonyl (C=O) groups excluding carboxylic acids is 1. The zero-order valence-corrected chi connectivity index (χ0v) is 8.45. The highest BCUT2D eigenvalue weighted by Crippen LogP contribution is 2.48. The second-order valence-corrected chi connectivity index (χ2v) is 4.77. The average molecular weight is 196 g/mol. The van der Waals surface area contributed by atoms with Gasteiger partial charge in [-0.25, -0.2) is 0 Å². The van der Waals surface area contributed by atoms with E-state index in [-0.39, 0.29) is 11.7 Å². The van der Waals surface area contributed by atoms with Crippen LogP contribution >= 0.6 is 0 Å². The summed E-state index contributed by atoms with van der Waals surface area (Å²) in [6, 6.07) is 0. The average Bonchev–Trinajstić information content (AvgIpc) is 2.12. The fourth-order valence-corrected chi connectivity index (χ4v) is 3.02. The molecule has 0 aromatic heterocycles. The number of rotatable bonds is 1. The van der Waals surface area contributed by atoms with E-state index in [1.807, 2.05) is 0 Å². The monoisotopic (exact) mass is 196 g/mol. The van der Waals surface area contributed by atoms with E-state index in [2.05, 4.69) is 6.92 Å². The number of fused-ring (bicyclic) bond motifs is 2. The van der Waals surface area contributed by atoms with Crippen molar-refractivity contribution in [2.75, 3.05) is 0 Å². The van der Waals surface area contributed by atoms with Crippen LogP contribution in [0, 0.1) is 17.3 Å². The van der Waals surface area contributed by atoms with Gasteiger partial charge in [0.25, 0.3) is 0 Å². The number of aliphatic carboxylic acids is 1. The Morgan fingerprint density at radius 2 is 2.14 bits per heavy atom. The van der Waals surface area contributed by atoms with Crippen LogP contribution in [0.5, 0.6) is 0 Å². The van der Waals surface area contributed by atoms with Crippen LogP contribution in [0.3, 0.4) is 0 Å². The quantitative estimate of drug-likeness (QED) is 0.651. The summed E-state index contributed by atoms with van der Waals surface area (Å²) in [6.45, 7) is 2.07. The molecule has 2 aliphatic rings. The number of ketones is 1. The first-order valence-electron chi connectivity index (χ1n) is 5.35. The number of carbonyl (C=O) groups is 2. The third-order valence-electron chi connectivity index (χ3n) is 4.05. The molecule has 0 aliphatic heterocycles. The van der Waals surface area contributed by atoms with Crippen molar-refractivity contribution >= 4 is 11.8 Å².